The van der Waals surface area contributed by atoms with Crippen LogP contribution in [0.1, 0.15) is 17.5 Å². The molecule has 0 amide bonds. The number of halogens is 1. The van der Waals surface area contributed by atoms with E-state index in [4.69, 9.17) is 5.11 Å². The van der Waals surface area contributed by atoms with Gasteiger partial charge in [0.25, 0.3) is 0 Å². The third-order valence-corrected chi connectivity index (χ3v) is 3.28. The van der Waals surface area contributed by atoms with Crippen LogP contribution in [0.15, 0.2) is 48.5 Å². The molecule has 0 aromatic heterocycles. The lowest BCUT2D eigenvalue weighted by Gasteiger charge is -2.24. The number of hydrogen-bond donors (Lipinski definition) is 1. The van der Waals surface area contributed by atoms with Crippen molar-refractivity contribution in [1.29, 1.82) is 0 Å². The summed E-state index contributed by atoms with van der Waals surface area (Å²) in [4.78, 5) is 12.8. The molecular weight excluding hydrogens is 269 g/mol. The first-order valence-corrected chi connectivity index (χ1v) is 6.82. The van der Waals surface area contributed by atoms with Crippen LogP contribution in [0.5, 0.6) is 0 Å². The van der Waals surface area contributed by atoms with Crippen molar-refractivity contribution in [2.75, 3.05) is 11.4 Å². The van der Waals surface area contributed by atoms with Crippen LogP contribution in [0.25, 0.3) is 0 Å². The first-order valence-electron chi connectivity index (χ1n) is 6.82. The number of carboxylic acid groups (broad SMARTS) is 1. The van der Waals surface area contributed by atoms with Crippen molar-refractivity contribution in [3.8, 4) is 0 Å². The second-order valence-electron chi connectivity index (χ2n) is 5.03. The van der Waals surface area contributed by atoms with Crippen molar-refractivity contribution in [2.24, 2.45) is 0 Å². The molecule has 3 nitrogen and oxygen atoms in total. The lowest BCUT2D eigenvalue weighted by atomic mass is 10.1. The number of rotatable bonds is 6. The molecule has 1 N–H and O–H groups in total. The fourth-order valence-corrected chi connectivity index (χ4v) is 2.10. The number of nitrogens with zero attached hydrogens (tertiary/aromatic N) is 1. The van der Waals surface area contributed by atoms with Gasteiger partial charge in [0.1, 0.15) is 5.82 Å². The quantitative estimate of drug-likeness (QED) is 0.882. The third-order valence-electron chi connectivity index (χ3n) is 3.28. The summed E-state index contributed by atoms with van der Waals surface area (Å²) < 4.78 is 13.0. The van der Waals surface area contributed by atoms with Crippen molar-refractivity contribution >= 4 is 11.7 Å². The second kappa shape index (κ2) is 6.88. The van der Waals surface area contributed by atoms with Crippen molar-refractivity contribution < 1.29 is 14.3 Å². The van der Waals surface area contributed by atoms with Crippen molar-refractivity contribution in [2.45, 2.75) is 19.9 Å². The topological polar surface area (TPSA) is 40.5 Å². The lowest BCUT2D eigenvalue weighted by Crippen LogP contribution is -2.25. The third kappa shape index (κ3) is 4.60. The summed E-state index contributed by atoms with van der Waals surface area (Å²) in [6.45, 7) is 2.97. The molecular formula is C17H18FNO2. The Labute approximate surface area is 123 Å². The fraction of sp³-hybridized carbons (Fsp3) is 0.235. The standard InChI is InChI=1S/C17H18FNO2/c1-13-2-8-16(9-3-13)19(11-10-17(20)21)12-14-4-6-15(18)7-5-14/h2-9H,10-12H2,1H3,(H,20,21). The molecule has 4 heteroatoms. The van der Waals surface area contributed by atoms with Crippen molar-refractivity contribution in [3.05, 3.63) is 65.5 Å². The number of hydrogen-bond acceptors (Lipinski definition) is 2. The Hall–Kier alpha value is -2.36. The maximum Gasteiger partial charge on any atom is 0.305 e. The normalized spacial score (nSPS) is 10.4. The molecule has 0 aliphatic heterocycles. The van der Waals surface area contributed by atoms with Crippen LogP contribution in [-0.4, -0.2) is 17.6 Å². The number of benzene rings is 2. The molecule has 110 valence electrons. The van der Waals surface area contributed by atoms with Gasteiger partial charge in [-0.15, -0.1) is 0 Å². The van der Waals surface area contributed by atoms with Gasteiger partial charge in [0, 0.05) is 18.8 Å². The average Bonchev–Trinajstić information content (AvgIpc) is 2.46. The Morgan fingerprint density at radius 3 is 2.29 bits per heavy atom. The maximum absolute atomic E-state index is 13.0. The first-order chi connectivity index (χ1) is 10.0. The summed E-state index contributed by atoms with van der Waals surface area (Å²) in [5.74, 6) is -1.10. The highest BCUT2D eigenvalue weighted by Crippen LogP contribution is 2.18. The first kappa shape index (κ1) is 15.0. The Morgan fingerprint density at radius 2 is 1.71 bits per heavy atom. The van der Waals surface area contributed by atoms with E-state index in [1.165, 1.54) is 12.1 Å². The zero-order valence-corrected chi connectivity index (χ0v) is 11.9. The molecule has 0 fully saturated rings. The molecule has 0 spiro atoms. The van der Waals surface area contributed by atoms with Crippen molar-refractivity contribution in [1.82, 2.24) is 0 Å². The van der Waals surface area contributed by atoms with Gasteiger partial charge >= 0.3 is 5.97 Å². The van der Waals surface area contributed by atoms with Crippen LogP contribution in [-0.2, 0) is 11.3 Å². The minimum atomic E-state index is -0.828. The summed E-state index contributed by atoms with van der Waals surface area (Å²) in [7, 11) is 0. The predicted octanol–water partition coefficient (Wildman–Crippen LogP) is 3.62. The van der Waals surface area contributed by atoms with Crippen LogP contribution in [0.4, 0.5) is 10.1 Å². The summed E-state index contributed by atoms with van der Waals surface area (Å²) in [5, 5.41) is 8.88. The highest BCUT2D eigenvalue weighted by Gasteiger charge is 2.09. The van der Waals surface area contributed by atoms with E-state index >= 15 is 0 Å². The SMILES string of the molecule is Cc1ccc(N(CCC(=O)O)Cc2ccc(F)cc2)cc1. The molecule has 2 aromatic carbocycles. The zero-order valence-electron chi connectivity index (χ0n) is 11.9. The van der Waals surface area contributed by atoms with Gasteiger partial charge in [-0.1, -0.05) is 29.8 Å². The monoisotopic (exact) mass is 287 g/mol. The van der Waals surface area contributed by atoms with Gasteiger partial charge in [0.05, 0.1) is 6.42 Å². The molecule has 0 heterocycles. The molecule has 0 unspecified atom stereocenters. The van der Waals surface area contributed by atoms with E-state index in [9.17, 15) is 9.18 Å². The summed E-state index contributed by atoms with van der Waals surface area (Å²) >= 11 is 0. The van der Waals surface area contributed by atoms with E-state index in [0.717, 1.165) is 16.8 Å². The van der Waals surface area contributed by atoms with Crippen molar-refractivity contribution in [3.63, 3.8) is 0 Å². The molecule has 0 saturated carbocycles. The van der Waals surface area contributed by atoms with E-state index in [1.54, 1.807) is 12.1 Å². The Kier molecular flexibility index (Phi) is 4.93. The number of anilines is 1. The van der Waals surface area contributed by atoms with Crippen LogP contribution in [0.3, 0.4) is 0 Å². The second-order valence-corrected chi connectivity index (χ2v) is 5.03. The maximum atomic E-state index is 13.0. The molecule has 0 saturated heterocycles. The fourth-order valence-electron chi connectivity index (χ4n) is 2.10. The number of carbonyl (C=O) groups is 1. The van der Waals surface area contributed by atoms with Gasteiger partial charge < -0.3 is 10.0 Å². The highest BCUT2D eigenvalue weighted by molar-refractivity contribution is 5.67. The predicted molar refractivity (Wildman–Crippen MR) is 80.9 cm³/mol. The Balaban J connectivity index is 2.16. The largest absolute Gasteiger partial charge is 0.481 e. The van der Waals surface area contributed by atoms with Gasteiger partial charge in [-0.25, -0.2) is 4.39 Å². The minimum Gasteiger partial charge on any atom is -0.481 e. The zero-order chi connectivity index (χ0) is 15.2. The van der Waals surface area contributed by atoms with Crippen LogP contribution >= 0.6 is 0 Å². The van der Waals surface area contributed by atoms with E-state index in [-0.39, 0.29) is 12.2 Å². The van der Waals surface area contributed by atoms with E-state index in [0.29, 0.717) is 13.1 Å². The van der Waals surface area contributed by atoms with Gasteiger partial charge in [-0.3, -0.25) is 4.79 Å². The molecule has 0 radical (unpaired) electrons. The molecule has 0 atom stereocenters. The molecule has 0 aliphatic rings. The summed E-state index contributed by atoms with van der Waals surface area (Å²) in [6.07, 6.45) is 0.0646. The van der Waals surface area contributed by atoms with Gasteiger partial charge in [-0.05, 0) is 36.8 Å². The number of aryl methyl sites for hydroxylation is 1. The molecule has 0 bridgehead atoms. The van der Waals surface area contributed by atoms with Crippen LogP contribution in [0.2, 0.25) is 0 Å². The molecule has 2 rings (SSSR count). The van der Waals surface area contributed by atoms with Gasteiger partial charge in [0.2, 0.25) is 0 Å². The number of aliphatic carboxylic acids is 1. The average molecular weight is 287 g/mol. The Bertz CT molecular complexity index is 593. The number of carboxylic acids is 1. The summed E-state index contributed by atoms with van der Waals surface area (Å²) in [6, 6.07) is 14.2. The van der Waals surface area contributed by atoms with Crippen LogP contribution in [0, 0.1) is 12.7 Å². The van der Waals surface area contributed by atoms with Gasteiger partial charge in [0.15, 0.2) is 0 Å². The highest BCUT2D eigenvalue weighted by atomic mass is 19.1. The smallest absolute Gasteiger partial charge is 0.305 e. The molecule has 0 aliphatic carbocycles. The van der Waals surface area contributed by atoms with E-state index in [2.05, 4.69) is 0 Å². The summed E-state index contributed by atoms with van der Waals surface area (Å²) in [5.41, 5.74) is 3.06. The minimum absolute atomic E-state index is 0.0646. The Morgan fingerprint density at radius 1 is 1.10 bits per heavy atom. The molecule has 2 aromatic rings. The van der Waals surface area contributed by atoms with Crippen LogP contribution < -0.4 is 4.90 Å². The lowest BCUT2D eigenvalue weighted by molar-refractivity contribution is -0.136. The van der Waals surface area contributed by atoms with E-state index in [1.807, 2.05) is 36.1 Å². The van der Waals surface area contributed by atoms with Gasteiger partial charge in [-0.2, -0.15) is 0 Å². The van der Waals surface area contributed by atoms with E-state index < -0.39 is 5.97 Å². The molecule has 21 heavy (non-hydrogen) atoms.